The van der Waals surface area contributed by atoms with Crippen LogP contribution in [0.4, 0.5) is 4.39 Å². The van der Waals surface area contributed by atoms with Gasteiger partial charge in [-0.1, -0.05) is 0 Å². The molecule has 2 aromatic rings. The molecule has 1 aliphatic carbocycles. The number of hydrogen-bond acceptors (Lipinski definition) is 4. The molecule has 0 bridgehead atoms. The number of nitrogens with zero attached hydrogens (tertiary/aromatic N) is 2. The van der Waals surface area contributed by atoms with Crippen LogP contribution >= 0.6 is 0 Å². The molecule has 1 saturated carbocycles. The largest absolute Gasteiger partial charge is 0.504 e. The minimum absolute atomic E-state index is 0.131. The molecule has 0 aliphatic heterocycles. The third-order valence-electron chi connectivity index (χ3n) is 3.64. The molecule has 7 heteroatoms. The van der Waals surface area contributed by atoms with Crippen molar-refractivity contribution in [2.75, 3.05) is 6.54 Å². The molecule has 0 saturated heterocycles. The van der Waals surface area contributed by atoms with E-state index < -0.39 is 12.0 Å². The topological polar surface area (TPSA) is 87.4 Å². The molecular formula is C15H16FN3O3. The highest BCUT2D eigenvalue weighted by atomic mass is 19.1. The lowest BCUT2D eigenvalue weighted by Gasteiger charge is -2.09. The lowest BCUT2D eigenvalue weighted by Crippen LogP contribution is -2.33. The van der Waals surface area contributed by atoms with Crippen LogP contribution < -0.4 is 5.32 Å². The molecule has 0 spiro atoms. The molecule has 1 aliphatic rings. The van der Waals surface area contributed by atoms with E-state index in [2.05, 4.69) is 10.4 Å². The monoisotopic (exact) mass is 305 g/mol. The fourth-order valence-corrected chi connectivity index (χ4v) is 2.18. The minimum atomic E-state index is -0.565. The molecule has 1 fully saturated rings. The number of aliphatic hydroxyl groups excluding tert-OH is 1. The maximum Gasteiger partial charge on any atom is 0.275 e. The molecule has 6 nitrogen and oxygen atoms in total. The Bertz CT molecular complexity index is 680. The van der Waals surface area contributed by atoms with Gasteiger partial charge < -0.3 is 15.5 Å². The number of amides is 1. The molecule has 1 atom stereocenters. The van der Waals surface area contributed by atoms with Crippen molar-refractivity contribution in [2.24, 2.45) is 5.92 Å². The summed E-state index contributed by atoms with van der Waals surface area (Å²) in [6.07, 6.45) is 2.66. The van der Waals surface area contributed by atoms with Crippen LogP contribution in [-0.4, -0.2) is 38.5 Å². The van der Waals surface area contributed by atoms with Crippen molar-refractivity contribution in [3.05, 3.63) is 42.0 Å². The summed E-state index contributed by atoms with van der Waals surface area (Å²) in [5.74, 6) is -0.960. The second-order valence-corrected chi connectivity index (χ2v) is 5.40. The van der Waals surface area contributed by atoms with Crippen LogP contribution in [0.3, 0.4) is 0 Å². The maximum atomic E-state index is 12.9. The Morgan fingerprint density at radius 3 is 2.73 bits per heavy atom. The van der Waals surface area contributed by atoms with Crippen molar-refractivity contribution < 1.29 is 19.4 Å². The first-order valence-corrected chi connectivity index (χ1v) is 7.05. The van der Waals surface area contributed by atoms with Gasteiger partial charge in [-0.15, -0.1) is 0 Å². The van der Waals surface area contributed by atoms with Gasteiger partial charge in [-0.25, -0.2) is 9.07 Å². The Morgan fingerprint density at radius 2 is 2.09 bits per heavy atom. The van der Waals surface area contributed by atoms with Crippen molar-refractivity contribution >= 4 is 5.91 Å². The highest BCUT2D eigenvalue weighted by molar-refractivity contribution is 5.94. The number of aliphatic hydroxyl groups is 1. The van der Waals surface area contributed by atoms with Crippen LogP contribution in [0.1, 0.15) is 23.3 Å². The van der Waals surface area contributed by atoms with Crippen molar-refractivity contribution in [3.63, 3.8) is 0 Å². The Hall–Kier alpha value is -2.41. The molecule has 22 heavy (non-hydrogen) atoms. The van der Waals surface area contributed by atoms with Gasteiger partial charge in [-0.3, -0.25) is 4.79 Å². The average molecular weight is 305 g/mol. The summed E-state index contributed by atoms with van der Waals surface area (Å²) in [5, 5.41) is 26.1. The Balaban J connectivity index is 1.71. The quantitative estimate of drug-likeness (QED) is 0.775. The number of aromatic hydroxyl groups is 1. The maximum absolute atomic E-state index is 12.9. The van der Waals surface area contributed by atoms with E-state index in [1.54, 1.807) is 0 Å². The number of carbonyl (C=O) groups is 1. The van der Waals surface area contributed by atoms with Gasteiger partial charge in [0.2, 0.25) is 0 Å². The second-order valence-electron chi connectivity index (χ2n) is 5.40. The molecule has 1 unspecified atom stereocenters. The molecule has 1 aromatic heterocycles. The highest BCUT2D eigenvalue weighted by Gasteiger charge is 2.30. The third kappa shape index (κ3) is 3.09. The number of halogens is 1. The van der Waals surface area contributed by atoms with Gasteiger partial charge in [0.1, 0.15) is 5.82 Å². The standard InChI is InChI=1S/C15H16FN3O3/c16-10-3-5-11(6-4-10)19-8-13(21)14(18-19)15(22)17-7-12(20)9-1-2-9/h3-6,8-9,12,20-21H,1-2,7H2,(H,17,22). The van der Waals surface area contributed by atoms with Crippen LogP contribution in [0.5, 0.6) is 5.75 Å². The van der Waals surface area contributed by atoms with Crippen molar-refractivity contribution in [2.45, 2.75) is 18.9 Å². The van der Waals surface area contributed by atoms with Gasteiger partial charge in [0.15, 0.2) is 11.4 Å². The summed E-state index contributed by atoms with van der Waals surface area (Å²) in [6.45, 7) is 0.131. The zero-order chi connectivity index (χ0) is 15.7. The van der Waals surface area contributed by atoms with Crippen molar-refractivity contribution in [1.29, 1.82) is 0 Å². The van der Waals surface area contributed by atoms with E-state index in [1.807, 2.05) is 0 Å². The second kappa shape index (κ2) is 5.76. The molecular weight excluding hydrogens is 289 g/mol. The van der Waals surface area contributed by atoms with Crippen LogP contribution in [0.2, 0.25) is 0 Å². The fourth-order valence-electron chi connectivity index (χ4n) is 2.18. The van der Waals surface area contributed by atoms with Crippen molar-refractivity contribution in [3.8, 4) is 11.4 Å². The summed E-state index contributed by atoms with van der Waals surface area (Å²) >= 11 is 0. The zero-order valence-corrected chi connectivity index (χ0v) is 11.7. The minimum Gasteiger partial charge on any atom is -0.504 e. The van der Waals surface area contributed by atoms with E-state index in [1.165, 1.54) is 35.1 Å². The van der Waals surface area contributed by atoms with E-state index >= 15 is 0 Å². The molecule has 3 N–H and O–H groups in total. The van der Waals surface area contributed by atoms with Crippen LogP contribution in [0.15, 0.2) is 30.5 Å². The SMILES string of the molecule is O=C(NCC(O)C1CC1)c1nn(-c2ccc(F)cc2)cc1O. The fraction of sp³-hybridized carbons (Fsp3) is 0.333. The van der Waals surface area contributed by atoms with Gasteiger partial charge in [0.05, 0.1) is 18.0 Å². The number of benzene rings is 1. The smallest absolute Gasteiger partial charge is 0.275 e. The predicted molar refractivity (Wildman–Crippen MR) is 76.3 cm³/mol. The summed E-state index contributed by atoms with van der Waals surface area (Å²) in [7, 11) is 0. The Morgan fingerprint density at radius 1 is 1.41 bits per heavy atom. The number of rotatable bonds is 5. The van der Waals surface area contributed by atoms with Crippen LogP contribution in [0.25, 0.3) is 5.69 Å². The van der Waals surface area contributed by atoms with E-state index in [9.17, 15) is 19.4 Å². The molecule has 1 amide bonds. The molecule has 0 radical (unpaired) electrons. The van der Waals surface area contributed by atoms with E-state index in [4.69, 9.17) is 0 Å². The van der Waals surface area contributed by atoms with Gasteiger partial charge in [-0.2, -0.15) is 5.10 Å². The number of aromatic nitrogens is 2. The molecule has 3 rings (SSSR count). The summed E-state index contributed by atoms with van der Waals surface area (Å²) in [5.41, 5.74) is 0.390. The number of nitrogens with one attached hydrogen (secondary N) is 1. The van der Waals surface area contributed by atoms with Gasteiger partial charge in [0, 0.05) is 6.54 Å². The number of hydrogen-bond donors (Lipinski definition) is 3. The summed E-state index contributed by atoms with van der Waals surface area (Å²) in [4.78, 5) is 12.0. The molecule has 1 aromatic carbocycles. The first-order chi connectivity index (χ1) is 10.5. The zero-order valence-electron chi connectivity index (χ0n) is 11.7. The molecule has 116 valence electrons. The normalized spacial score (nSPS) is 15.5. The van der Waals surface area contributed by atoms with E-state index in [0.717, 1.165) is 12.8 Å². The lowest BCUT2D eigenvalue weighted by molar-refractivity contribution is 0.0893. The van der Waals surface area contributed by atoms with Gasteiger partial charge >= 0.3 is 0 Å². The van der Waals surface area contributed by atoms with Gasteiger partial charge in [0.25, 0.3) is 5.91 Å². The van der Waals surface area contributed by atoms with Crippen LogP contribution in [0, 0.1) is 11.7 Å². The van der Waals surface area contributed by atoms with E-state index in [0.29, 0.717) is 5.69 Å². The predicted octanol–water partition coefficient (Wildman–Crippen LogP) is 1.22. The Labute approximate surface area is 126 Å². The molecule has 1 heterocycles. The number of carbonyl (C=O) groups excluding carboxylic acids is 1. The van der Waals surface area contributed by atoms with Crippen molar-refractivity contribution in [1.82, 2.24) is 15.1 Å². The first-order valence-electron chi connectivity index (χ1n) is 7.05. The first kappa shape index (κ1) is 14.5. The van der Waals surface area contributed by atoms with Gasteiger partial charge in [-0.05, 0) is 43.0 Å². The summed E-state index contributed by atoms with van der Waals surface area (Å²) < 4.78 is 14.2. The Kier molecular flexibility index (Phi) is 3.81. The summed E-state index contributed by atoms with van der Waals surface area (Å²) in [6, 6.07) is 5.50. The average Bonchev–Trinajstić information content (AvgIpc) is 3.28. The highest BCUT2D eigenvalue weighted by Crippen LogP contribution is 2.32. The lowest BCUT2D eigenvalue weighted by atomic mass is 10.2. The van der Waals surface area contributed by atoms with Crippen LogP contribution in [-0.2, 0) is 0 Å². The van der Waals surface area contributed by atoms with E-state index in [-0.39, 0.29) is 29.7 Å². The third-order valence-corrected chi connectivity index (χ3v) is 3.64.